The quantitative estimate of drug-likeness (QED) is 0.804. The highest BCUT2D eigenvalue weighted by atomic mass is 32.2. The van der Waals surface area contributed by atoms with Crippen molar-refractivity contribution in [3.63, 3.8) is 0 Å². The minimum absolute atomic E-state index is 0.0420. The normalized spacial score (nSPS) is 18.8. The van der Waals surface area contributed by atoms with Gasteiger partial charge < -0.3 is 9.15 Å². The van der Waals surface area contributed by atoms with Crippen LogP contribution >= 0.6 is 0 Å². The zero-order chi connectivity index (χ0) is 18.9. The largest absolute Gasteiger partial charge is 0.423 e. The van der Waals surface area contributed by atoms with Gasteiger partial charge in [0.25, 0.3) is 0 Å². The lowest BCUT2D eigenvalue weighted by Gasteiger charge is -2.32. The second-order valence-corrected chi connectivity index (χ2v) is 8.29. The molecule has 0 N–H and O–H groups in total. The summed E-state index contributed by atoms with van der Waals surface area (Å²) in [4.78, 5) is 0.104. The Labute approximate surface area is 152 Å². The van der Waals surface area contributed by atoms with Gasteiger partial charge in [0.1, 0.15) is 6.04 Å². The van der Waals surface area contributed by atoms with Crippen LogP contribution in [-0.4, -0.2) is 42.7 Å². The molecule has 1 atom stereocenters. The number of hydrogen-bond donors (Lipinski definition) is 0. The van der Waals surface area contributed by atoms with E-state index in [4.69, 9.17) is 14.4 Å². The summed E-state index contributed by atoms with van der Waals surface area (Å²) in [5.74, 6) is 0.706. The summed E-state index contributed by atoms with van der Waals surface area (Å²) in [7, 11) is -3.86. The molecule has 0 spiro atoms. The second-order valence-electron chi connectivity index (χ2n) is 6.43. The number of nitriles is 1. The Balaban J connectivity index is 2.02. The molecule has 1 aliphatic rings. The van der Waals surface area contributed by atoms with E-state index in [2.05, 4.69) is 10.2 Å². The Kier molecular flexibility index (Phi) is 5.09. The van der Waals surface area contributed by atoms with E-state index < -0.39 is 16.1 Å². The van der Waals surface area contributed by atoms with Crippen molar-refractivity contribution in [1.82, 2.24) is 14.5 Å². The monoisotopic (exact) mass is 376 g/mol. The van der Waals surface area contributed by atoms with Gasteiger partial charge in [0, 0.05) is 12.5 Å². The van der Waals surface area contributed by atoms with Crippen molar-refractivity contribution in [3.8, 4) is 6.07 Å². The van der Waals surface area contributed by atoms with Gasteiger partial charge in [0.15, 0.2) is 0 Å². The van der Waals surface area contributed by atoms with Crippen LogP contribution in [0.3, 0.4) is 0 Å². The van der Waals surface area contributed by atoms with E-state index in [9.17, 15) is 8.42 Å². The van der Waals surface area contributed by atoms with E-state index in [1.165, 1.54) is 10.4 Å². The van der Waals surface area contributed by atoms with Gasteiger partial charge in [-0.25, -0.2) is 8.42 Å². The molecule has 1 unspecified atom stereocenters. The third-order valence-electron chi connectivity index (χ3n) is 4.22. The van der Waals surface area contributed by atoms with Crippen LogP contribution in [0.5, 0.6) is 0 Å². The van der Waals surface area contributed by atoms with Crippen LogP contribution in [0.4, 0.5) is 0 Å². The molecule has 2 aromatic rings. The lowest BCUT2D eigenvalue weighted by molar-refractivity contribution is 0.0219. The lowest BCUT2D eigenvalue weighted by atomic mass is 10.2. The smallest absolute Gasteiger partial charge is 0.244 e. The first-order valence-corrected chi connectivity index (χ1v) is 9.72. The van der Waals surface area contributed by atoms with Crippen LogP contribution in [0.15, 0.2) is 27.5 Å². The van der Waals surface area contributed by atoms with Crippen molar-refractivity contribution in [2.45, 2.75) is 37.6 Å². The van der Waals surface area contributed by atoms with Crippen LogP contribution in [0, 0.1) is 18.3 Å². The van der Waals surface area contributed by atoms with E-state index in [-0.39, 0.29) is 36.5 Å². The van der Waals surface area contributed by atoms with Gasteiger partial charge in [-0.1, -0.05) is 19.9 Å². The van der Waals surface area contributed by atoms with Crippen LogP contribution in [-0.2, 0) is 14.8 Å². The van der Waals surface area contributed by atoms with Crippen LogP contribution < -0.4 is 0 Å². The maximum absolute atomic E-state index is 13.3. The molecule has 3 rings (SSSR count). The highest BCUT2D eigenvalue weighted by Crippen LogP contribution is 2.32. The van der Waals surface area contributed by atoms with Crippen molar-refractivity contribution in [2.75, 3.05) is 19.8 Å². The fourth-order valence-electron chi connectivity index (χ4n) is 2.76. The van der Waals surface area contributed by atoms with E-state index in [1.54, 1.807) is 19.1 Å². The summed E-state index contributed by atoms with van der Waals surface area (Å²) in [5.41, 5.74) is 0.863. The van der Waals surface area contributed by atoms with Gasteiger partial charge in [-0.15, -0.1) is 10.2 Å². The SMILES string of the molecule is Cc1ccc(C#N)cc1S(=O)(=O)N1CCOCC1c1nnc(C(C)C)o1. The summed E-state index contributed by atoms with van der Waals surface area (Å²) < 4.78 is 39.0. The van der Waals surface area contributed by atoms with E-state index in [0.717, 1.165) is 0 Å². The third-order valence-corrected chi connectivity index (χ3v) is 6.27. The van der Waals surface area contributed by atoms with E-state index >= 15 is 0 Å². The number of sulfonamides is 1. The second kappa shape index (κ2) is 7.15. The Morgan fingerprint density at radius 3 is 2.77 bits per heavy atom. The number of rotatable bonds is 4. The summed E-state index contributed by atoms with van der Waals surface area (Å²) in [6, 6.07) is 5.90. The molecule has 0 aliphatic carbocycles. The van der Waals surface area contributed by atoms with Crippen LogP contribution in [0.1, 0.15) is 48.7 Å². The lowest BCUT2D eigenvalue weighted by Crippen LogP contribution is -2.43. The van der Waals surface area contributed by atoms with Crippen molar-refractivity contribution >= 4 is 10.0 Å². The minimum atomic E-state index is -3.86. The molecule has 1 saturated heterocycles. The number of morpholine rings is 1. The number of aryl methyl sites for hydroxylation is 1. The number of benzene rings is 1. The number of aromatic nitrogens is 2. The maximum atomic E-state index is 13.3. The molecule has 1 fully saturated rings. The summed E-state index contributed by atoms with van der Waals surface area (Å²) >= 11 is 0. The standard InChI is InChI=1S/C17H20N4O4S/c1-11(2)16-19-20-17(25-16)14-10-24-7-6-21(14)26(22,23)15-8-13(9-18)5-4-12(15)3/h4-5,8,11,14H,6-7,10H2,1-3H3. The van der Waals surface area contributed by atoms with E-state index in [1.807, 2.05) is 19.9 Å². The molecule has 9 heteroatoms. The van der Waals surface area contributed by atoms with Crippen LogP contribution in [0.2, 0.25) is 0 Å². The predicted octanol–water partition coefficient (Wildman–Crippen LogP) is 2.14. The first-order valence-electron chi connectivity index (χ1n) is 8.28. The summed E-state index contributed by atoms with van der Waals surface area (Å²) in [6.07, 6.45) is 0. The molecule has 8 nitrogen and oxygen atoms in total. The molecule has 0 saturated carbocycles. The fourth-order valence-corrected chi connectivity index (χ4v) is 4.56. The number of hydrogen-bond acceptors (Lipinski definition) is 7. The van der Waals surface area contributed by atoms with Crippen molar-refractivity contribution in [3.05, 3.63) is 41.1 Å². The van der Waals surface area contributed by atoms with Gasteiger partial charge in [-0.2, -0.15) is 9.57 Å². The summed E-state index contributed by atoms with van der Waals surface area (Å²) in [6.45, 7) is 6.11. The average molecular weight is 376 g/mol. The molecular weight excluding hydrogens is 356 g/mol. The molecule has 0 bridgehead atoms. The molecule has 26 heavy (non-hydrogen) atoms. The summed E-state index contributed by atoms with van der Waals surface area (Å²) in [5, 5.41) is 17.1. The molecule has 0 amide bonds. The molecule has 1 aromatic carbocycles. The fraction of sp³-hybridized carbons (Fsp3) is 0.471. The van der Waals surface area contributed by atoms with Gasteiger partial charge in [0.2, 0.25) is 21.8 Å². The third kappa shape index (κ3) is 3.35. The van der Waals surface area contributed by atoms with Crippen molar-refractivity contribution in [1.29, 1.82) is 5.26 Å². The Bertz CT molecular complexity index is 946. The Morgan fingerprint density at radius 1 is 1.35 bits per heavy atom. The van der Waals surface area contributed by atoms with Gasteiger partial charge in [-0.3, -0.25) is 0 Å². The highest BCUT2D eigenvalue weighted by Gasteiger charge is 2.39. The zero-order valence-electron chi connectivity index (χ0n) is 14.8. The zero-order valence-corrected chi connectivity index (χ0v) is 15.7. The maximum Gasteiger partial charge on any atom is 0.244 e. The number of ether oxygens (including phenoxy) is 1. The Morgan fingerprint density at radius 2 is 2.12 bits per heavy atom. The molecule has 2 heterocycles. The van der Waals surface area contributed by atoms with E-state index in [0.29, 0.717) is 17.0 Å². The van der Waals surface area contributed by atoms with Gasteiger partial charge >= 0.3 is 0 Å². The topological polar surface area (TPSA) is 109 Å². The molecule has 0 radical (unpaired) electrons. The molecule has 138 valence electrons. The Hall–Kier alpha value is -2.28. The van der Waals surface area contributed by atoms with Gasteiger partial charge in [-0.05, 0) is 24.6 Å². The van der Waals surface area contributed by atoms with Crippen molar-refractivity contribution < 1.29 is 17.6 Å². The molecule has 1 aromatic heterocycles. The van der Waals surface area contributed by atoms with Gasteiger partial charge in [0.05, 0.1) is 29.7 Å². The first-order chi connectivity index (χ1) is 12.3. The highest BCUT2D eigenvalue weighted by molar-refractivity contribution is 7.89. The minimum Gasteiger partial charge on any atom is -0.423 e. The van der Waals surface area contributed by atoms with Crippen LogP contribution in [0.25, 0.3) is 0 Å². The predicted molar refractivity (Wildman–Crippen MR) is 91.7 cm³/mol. The van der Waals surface area contributed by atoms with Crippen molar-refractivity contribution in [2.24, 2.45) is 0 Å². The number of nitrogens with zero attached hydrogens (tertiary/aromatic N) is 4. The first kappa shape index (κ1) is 18.5. The molecular formula is C17H20N4O4S. The average Bonchev–Trinajstić information content (AvgIpc) is 3.12. The molecule has 1 aliphatic heterocycles.